The second-order valence-electron chi connectivity index (χ2n) is 11.2. The quantitative estimate of drug-likeness (QED) is 0.165. The maximum absolute atomic E-state index is 14.0. The summed E-state index contributed by atoms with van der Waals surface area (Å²) in [4.78, 5) is 26.8. The number of halogens is 2. The van der Waals surface area contributed by atoms with Crippen LogP contribution < -0.4 is 10.6 Å². The van der Waals surface area contributed by atoms with E-state index < -0.39 is 29.7 Å². The highest BCUT2D eigenvalue weighted by molar-refractivity contribution is 6.02. The smallest absolute Gasteiger partial charge is 0.251 e. The zero-order chi connectivity index (χ0) is 30.6. The van der Waals surface area contributed by atoms with E-state index in [0.29, 0.717) is 23.2 Å². The van der Waals surface area contributed by atoms with Crippen LogP contribution in [0.2, 0.25) is 0 Å². The molecule has 0 bridgehead atoms. The van der Waals surface area contributed by atoms with Gasteiger partial charge in [0.05, 0.1) is 12.1 Å². The number of ketones is 1. The van der Waals surface area contributed by atoms with Crippen molar-refractivity contribution in [1.29, 1.82) is 0 Å². The van der Waals surface area contributed by atoms with Gasteiger partial charge in [0.25, 0.3) is 5.91 Å². The number of aliphatic hydroxyl groups is 1. The molecule has 0 fully saturated rings. The fourth-order valence-corrected chi connectivity index (χ4v) is 5.38. The van der Waals surface area contributed by atoms with E-state index in [1.165, 1.54) is 17.7 Å². The first-order chi connectivity index (χ1) is 20.1. The number of carbonyl (C=O) groups excluding carboxylic acids is 2. The Kier molecular flexibility index (Phi) is 12.8. The number of hydrogen-bond donors (Lipinski definition) is 3. The molecule has 1 amide bonds. The van der Waals surface area contributed by atoms with Crippen LogP contribution in [-0.4, -0.2) is 35.5 Å². The standard InChI is InChI=1S/C35H44F2N2O3/c1-5-9-27(10-6-2)34(41)28-13-23(4)14-29(19-28)35(42)39-32(18-26-16-30(36)20-31(37)17-26)33(40)22-38-21-25-12-8-11-24(7-3)15-25/h8,11-17,19-20,27,32-33,38,40H,5-7,9-10,18,21-22H2,1-4H3,(H,39,42)/t32-,33+/m0/s1. The van der Waals surface area contributed by atoms with Crippen LogP contribution in [-0.2, 0) is 19.4 Å². The van der Waals surface area contributed by atoms with Crippen LogP contribution in [0.3, 0.4) is 0 Å². The molecule has 42 heavy (non-hydrogen) atoms. The highest BCUT2D eigenvalue weighted by Gasteiger charge is 2.25. The number of hydrogen-bond acceptors (Lipinski definition) is 4. The number of benzene rings is 3. The lowest BCUT2D eigenvalue weighted by molar-refractivity contribution is 0.0829. The van der Waals surface area contributed by atoms with Crippen LogP contribution in [0.1, 0.15) is 89.4 Å². The Morgan fingerprint density at radius 3 is 2.12 bits per heavy atom. The Hall–Kier alpha value is -3.42. The molecule has 0 unspecified atom stereocenters. The van der Waals surface area contributed by atoms with Crippen molar-refractivity contribution in [2.75, 3.05) is 6.54 Å². The predicted octanol–water partition coefficient (Wildman–Crippen LogP) is 6.73. The van der Waals surface area contributed by atoms with Crippen molar-refractivity contribution in [1.82, 2.24) is 10.6 Å². The van der Waals surface area contributed by atoms with E-state index in [1.807, 2.05) is 19.1 Å². The highest BCUT2D eigenvalue weighted by Crippen LogP contribution is 2.22. The van der Waals surface area contributed by atoms with Gasteiger partial charge < -0.3 is 15.7 Å². The third kappa shape index (κ3) is 9.85. The van der Waals surface area contributed by atoms with E-state index in [-0.39, 0.29) is 24.7 Å². The van der Waals surface area contributed by atoms with Crippen LogP contribution in [0.4, 0.5) is 8.78 Å². The lowest BCUT2D eigenvalue weighted by Gasteiger charge is -2.25. The summed E-state index contributed by atoms with van der Waals surface area (Å²) in [5, 5.41) is 17.3. The van der Waals surface area contributed by atoms with Gasteiger partial charge in [0.1, 0.15) is 11.6 Å². The average molecular weight is 579 g/mol. The molecule has 0 aromatic heterocycles. The van der Waals surface area contributed by atoms with Gasteiger partial charge in [0.2, 0.25) is 0 Å². The van der Waals surface area contributed by atoms with Gasteiger partial charge in [0, 0.05) is 36.2 Å². The van der Waals surface area contributed by atoms with Crippen molar-refractivity contribution in [3.8, 4) is 0 Å². The normalized spacial score (nSPS) is 12.8. The molecule has 0 radical (unpaired) electrons. The summed E-state index contributed by atoms with van der Waals surface area (Å²) in [5.41, 5.74) is 4.16. The fourth-order valence-electron chi connectivity index (χ4n) is 5.38. The van der Waals surface area contributed by atoms with Gasteiger partial charge in [-0.1, -0.05) is 57.9 Å². The molecule has 3 rings (SSSR count). The summed E-state index contributed by atoms with van der Waals surface area (Å²) >= 11 is 0. The van der Waals surface area contributed by atoms with Gasteiger partial charge in [-0.2, -0.15) is 0 Å². The molecule has 226 valence electrons. The third-order valence-corrected chi connectivity index (χ3v) is 7.51. The van der Waals surface area contributed by atoms with Gasteiger partial charge >= 0.3 is 0 Å². The van der Waals surface area contributed by atoms with Gasteiger partial charge in [-0.15, -0.1) is 0 Å². The summed E-state index contributed by atoms with van der Waals surface area (Å²) in [6.45, 7) is 8.69. The van der Waals surface area contributed by atoms with E-state index in [1.54, 1.807) is 18.2 Å². The van der Waals surface area contributed by atoms with E-state index >= 15 is 0 Å². The first kappa shape index (κ1) is 33.1. The summed E-state index contributed by atoms with van der Waals surface area (Å²) in [7, 11) is 0. The molecule has 0 saturated carbocycles. The highest BCUT2D eigenvalue weighted by atomic mass is 19.1. The molecule has 0 heterocycles. The molecule has 0 saturated heterocycles. The Bertz CT molecular complexity index is 1320. The summed E-state index contributed by atoms with van der Waals surface area (Å²) < 4.78 is 27.9. The SMILES string of the molecule is CCCC(CCC)C(=O)c1cc(C)cc(C(=O)N[C@@H](Cc2cc(F)cc(F)c2)[C@H](O)CNCc2cccc(CC)c2)c1. The second-order valence-corrected chi connectivity index (χ2v) is 11.2. The van der Waals surface area contributed by atoms with Crippen molar-refractivity contribution in [2.24, 2.45) is 5.92 Å². The minimum absolute atomic E-state index is 0.0151. The molecule has 0 aliphatic rings. The van der Waals surface area contributed by atoms with Gasteiger partial charge in [-0.25, -0.2) is 8.78 Å². The fraction of sp³-hybridized carbons (Fsp3) is 0.429. The van der Waals surface area contributed by atoms with Crippen molar-refractivity contribution in [3.05, 3.63) is 106 Å². The first-order valence-electron chi connectivity index (χ1n) is 15.0. The molecular weight excluding hydrogens is 534 g/mol. The zero-order valence-electron chi connectivity index (χ0n) is 25.2. The Balaban J connectivity index is 1.80. The lowest BCUT2D eigenvalue weighted by Crippen LogP contribution is -2.48. The van der Waals surface area contributed by atoms with Gasteiger partial charge in [0.15, 0.2) is 5.78 Å². The van der Waals surface area contributed by atoms with E-state index in [4.69, 9.17) is 0 Å². The Morgan fingerprint density at radius 1 is 0.833 bits per heavy atom. The summed E-state index contributed by atoms with van der Waals surface area (Å²) in [6, 6.07) is 15.6. The number of aryl methyl sites for hydroxylation is 2. The summed E-state index contributed by atoms with van der Waals surface area (Å²) in [6.07, 6.45) is 3.24. The first-order valence-corrected chi connectivity index (χ1v) is 15.0. The average Bonchev–Trinajstić information content (AvgIpc) is 2.95. The van der Waals surface area contributed by atoms with Gasteiger partial charge in [-0.05, 0) is 85.2 Å². The minimum atomic E-state index is -1.06. The van der Waals surface area contributed by atoms with Crippen LogP contribution in [0, 0.1) is 24.5 Å². The van der Waals surface area contributed by atoms with Crippen molar-refractivity contribution in [3.63, 3.8) is 0 Å². The van der Waals surface area contributed by atoms with Crippen LogP contribution in [0.25, 0.3) is 0 Å². The van der Waals surface area contributed by atoms with Crippen molar-refractivity contribution in [2.45, 2.75) is 84.9 Å². The Labute approximate surface area is 248 Å². The minimum Gasteiger partial charge on any atom is -0.390 e. The van der Waals surface area contributed by atoms with E-state index in [9.17, 15) is 23.5 Å². The molecular formula is C35H44F2N2O3. The monoisotopic (exact) mass is 578 g/mol. The topological polar surface area (TPSA) is 78.4 Å². The van der Waals surface area contributed by atoms with Crippen LogP contribution in [0.15, 0.2) is 60.7 Å². The zero-order valence-corrected chi connectivity index (χ0v) is 25.2. The predicted molar refractivity (Wildman–Crippen MR) is 164 cm³/mol. The lowest BCUT2D eigenvalue weighted by atomic mass is 9.88. The molecule has 3 N–H and O–H groups in total. The molecule has 7 heteroatoms. The number of rotatable bonds is 16. The Morgan fingerprint density at radius 2 is 1.48 bits per heavy atom. The molecule has 0 spiro atoms. The summed E-state index contributed by atoms with van der Waals surface area (Å²) in [5.74, 6) is -1.99. The van der Waals surface area contributed by atoms with E-state index in [0.717, 1.165) is 49.3 Å². The largest absolute Gasteiger partial charge is 0.390 e. The number of aliphatic hydroxyl groups excluding tert-OH is 1. The maximum atomic E-state index is 14.0. The van der Waals surface area contributed by atoms with Gasteiger partial charge in [-0.3, -0.25) is 9.59 Å². The van der Waals surface area contributed by atoms with E-state index in [2.05, 4.69) is 43.5 Å². The molecule has 3 aromatic carbocycles. The second kappa shape index (κ2) is 16.3. The molecule has 0 aliphatic heterocycles. The van der Waals surface area contributed by atoms with Crippen LogP contribution in [0.5, 0.6) is 0 Å². The number of nitrogens with one attached hydrogen (secondary N) is 2. The third-order valence-electron chi connectivity index (χ3n) is 7.51. The number of Topliss-reactive ketones (excluding diaryl/α,β-unsaturated/α-hetero) is 1. The molecule has 2 atom stereocenters. The van der Waals surface area contributed by atoms with Crippen LogP contribution >= 0.6 is 0 Å². The molecule has 0 aliphatic carbocycles. The van der Waals surface area contributed by atoms with Crippen molar-refractivity contribution < 1.29 is 23.5 Å². The number of amides is 1. The molecule has 3 aromatic rings. The van der Waals surface area contributed by atoms with Crippen molar-refractivity contribution >= 4 is 11.7 Å². The number of carbonyl (C=O) groups is 2. The molecule has 5 nitrogen and oxygen atoms in total. The maximum Gasteiger partial charge on any atom is 0.251 e.